The molecule has 1 aliphatic rings. The van der Waals surface area contributed by atoms with Crippen LogP contribution in [-0.2, 0) is 6.42 Å². The van der Waals surface area contributed by atoms with Crippen molar-refractivity contribution < 1.29 is 18.7 Å². The van der Waals surface area contributed by atoms with E-state index in [2.05, 4.69) is 9.88 Å². The van der Waals surface area contributed by atoms with Crippen LogP contribution in [0.1, 0.15) is 28.9 Å². The molecule has 98 valence electrons. The molecule has 0 saturated carbocycles. The lowest BCUT2D eigenvalue weighted by Crippen LogP contribution is -2.23. The fourth-order valence-corrected chi connectivity index (χ4v) is 2.10. The number of pyridine rings is 1. The molecule has 1 aliphatic heterocycles. The predicted molar refractivity (Wildman–Crippen MR) is 60.5 cm³/mol. The molecule has 0 unspecified atom stereocenters. The van der Waals surface area contributed by atoms with Crippen LogP contribution in [0, 0.1) is 11.8 Å². The van der Waals surface area contributed by atoms with Gasteiger partial charge < -0.3 is 10.0 Å². The van der Waals surface area contributed by atoms with E-state index >= 15 is 0 Å². The van der Waals surface area contributed by atoms with Gasteiger partial charge in [-0.3, -0.25) is 0 Å². The van der Waals surface area contributed by atoms with E-state index in [1.807, 2.05) is 0 Å². The Hall–Kier alpha value is -1.56. The fourth-order valence-electron chi connectivity index (χ4n) is 2.10. The molecule has 2 heterocycles. The molecule has 1 saturated heterocycles. The van der Waals surface area contributed by atoms with Crippen molar-refractivity contribution in [1.82, 2.24) is 9.88 Å². The number of nitrogens with zero attached hydrogens (tertiary/aromatic N) is 2. The van der Waals surface area contributed by atoms with Crippen LogP contribution in [0.15, 0.2) is 6.07 Å². The topological polar surface area (TPSA) is 53.4 Å². The molecule has 1 N–H and O–H groups in total. The van der Waals surface area contributed by atoms with Crippen molar-refractivity contribution in [1.29, 1.82) is 0 Å². The summed E-state index contributed by atoms with van der Waals surface area (Å²) < 4.78 is 26.9. The highest BCUT2D eigenvalue weighted by atomic mass is 19.1. The van der Waals surface area contributed by atoms with Gasteiger partial charge >= 0.3 is 5.97 Å². The number of aromatic nitrogens is 1. The highest BCUT2D eigenvalue weighted by molar-refractivity contribution is 5.87. The normalized spacial score (nSPS) is 16.1. The second-order valence-corrected chi connectivity index (χ2v) is 4.36. The smallest absolute Gasteiger partial charge is 0.340 e. The average molecular weight is 256 g/mol. The van der Waals surface area contributed by atoms with Gasteiger partial charge in [0.15, 0.2) is 0 Å². The minimum atomic E-state index is -1.51. The summed E-state index contributed by atoms with van der Waals surface area (Å²) in [5, 5.41) is 8.63. The zero-order chi connectivity index (χ0) is 13.1. The van der Waals surface area contributed by atoms with Crippen molar-refractivity contribution in [2.24, 2.45) is 0 Å². The first-order chi connectivity index (χ1) is 8.58. The molecule has 0 amide bonds. The van der Waals surface area contributed by atoms with Crippen LogP contribution in [0.3, 0.4) is 0 Å². The second kappa shape index (κ2) is 5.39. The second-order valence-electron chi connectivity index (χ2n) is 4.36. The first-order valence-electron chi connectivity index (χ1n) is 5.88. The predicted octanol–water partition coefficient (Wildman–Crippen LogP) is 1.70. The third-order valence-corrected chi connectivity index (χ3v) is 3.10. The summed E-state index contributed by atoms with van der Waals surface area (Å²) in [6.45, 7) is 2.56. The monoisotopic (exact) mass is 256 g/mol. The molecular formula is C12H14F2N2O2. The quantitative estimate of drug-likeness (QED) is 0.833. The Kier molecular flexibility index (Phi) is 3.86. The van der Waals surface area contributed by atoms with E-state index in [1.165, 1.54) is 0 Å². The van der Waals surface area contributed by atoms with Crippen molar-refractivity contribution in [3.8, 4) is 0 Å². The Morgan fingerprint density at radius 2 is 2.06 bits per heavy atom. The van der Waals surface area contributed by atoms with Gasteiger partial charge in [0.1, 0.15) is 11.4 Å². The van der Waals surface area contributed by atoms with Crippen LogP contribution in [0.4, 0.5) is 8.78 Å². The summed E-state index contributed by atoms with van der Waals surface area (Å²) in [5.41, 5.74) is -0.734. The molecular weight excluding hydrogens is 242 g/mol. The molecule has 0 aliphatic carbocycles. The molecule has 1 aromatic rings. The van der Waals surface area contributed by atoms with Gasteiger partial charge in [0.25, 0.3) is 0 Å². The summed E-state index contributed by atoms with van der Waals surface area (Å²) in [7, 11) is 0. The van der Waals surface area contributed by atoms with Crippen LogP contribution < -0.4 is 0 Å². The van der Waals surface area contributed by atoms with E-state index in [1.54, 1.807) is 0 Å². The third-order valence-electron chi connectivity index (χ3n) is 3.10. The van der Waals surface area contributed by atoms with Gasteiger partial charge in [-0.15, -0.1) is 0 Å². The highest BCUT2D eigenvalue weighted by Gasteiger charge is 2.18. The number of carboxylic acids is 1. The van der Waals surface area contributed by atoms with Gasteiger partial charge in [-0.1, -0.05) is 0 Å². The van der Waals surface area contributed by atoms with Crippen LogP contribution in [-0.4, -0.2) is 40.6 Å². The Bertz CT molecular complexity index is 460. The molecule has 1 fully saturated rings. The van der Waals surface area contributed by atoms with Gasteiger partial charge in [0, 0.05) is 13.0 Å². The summed E-state index contributed by atoms with van der Waals surface area (Å²) in [6, 6.07) is 0.698. The van der Waals surface area contributed by atoms with Crippen LogP contribution in [0.25, 0.3) is 0 Å². The number of aromatic carboxylic acids is 1. The maximum atomic E-state index is 13.6. The van der Waals surface area contributed by atoms with E-state index in [-0.39, 0.29) is 5.69 Å². The average Bonchev–Trinajstić information content (AvgIpc) is 2.82. The fraction of sp³-hybridized carbons (Fsp3) is 0.500. The number of hydrogen-bond acceptors (Lipinski definition) is 3. The van der Waals surface area contributed by atoms with E-state index in [0.29, 0.717) is 19.0 Å². The Morgan fingerprint density at radius 3 is 2.67 bits per heavy atom. The first kappa shape index (κ1) is 12.9. The SMILES string of the molecule is O=C(O)c1cc(F)c(CCN2CCCC2)nc1F. The molecule has 0 spiro atoms. The minimum absolute atomic E-state index is 0.00981. The first-order valence-corrected chi connectivity index (χ1v) is 5.88. The molecule has 0 atom stereocenters. The van der Waals surface area contributed by atoms with Crippen molar-refractivity contribution in [3.63, 3.8) is 0 Å². The van der Waals surface area contributed by atoms with Gasteiger partial charge in [-0.2, -0.15) is 4.39 Å². The summed E-state index contributed by atoms with van der Waals surface area (Å²) in [6.07, 6.45) is 2.55. The van der Waals surface area contributed by atoms with Gasteiger partial charge in [0.2, 0.25) is 5.95 Å². The molecule has 0 aromatic carbocycles. The molecule has 18 heavy (non-hydrogen) atoms. The van der Waals surface area contributed by atoms with E-state index in [9.17, 15) is 13.6 Å². The number of rotatable bonds is 4. The molecule has 0 radical (unpaired) electrons. The lowest BCUT2D eigenvalue weighted by molar-refractivity contribution is 0.0690. The number of carbonyl (C=O) groups is 1. The molecule has 1 aromatic heterocycles. The number of hydrogen-bond donors (Lipinski definition) is 1. The molecule has 6 heteroatoms. The van der Waals surface area contributed by atoms with Gasteiger partial charge in [-0.25, -0.2) is 14.2 Å². The van der Waals surface area contributed by atoms with Crippen molar-refractivity contribution >= 4 is 5.97 Å². The van der Waals surface area contributed by atoms with Crippen LogP contribution in [0.5, 0.6) is 0 Å². The largest absolute Gasteiger partial charge is 0.478 e. The van der Waals surface area contributed by atoms with E-state index in [4.69, 9.17) is 5.11 Å². The zero-order valence-electron chi connectivity index (χ0n) is 9.83. The molecule has 2 rings (SSSR count). The number of likely N-dealkylation sites (tertiary alicyclic amines) is 1. The minimum Gasteiger partial charge on any atom is -0.478 e. The summed E-state index contributed by atoms with van der Waals surface area (Å²) in [4.78, 5) is 16.2. The lowest BCUT2D eigenvalue weighted by Gasteiger charge is -2.14. The number of halogens is 2. The Labute approximate surface area is 103 Å². The van der Waals surface area contributed by atoms with E-state index < -0.39 is 23.3 Å². The standard InChI is InChI=1S/C12H14F2N2O2/c13-9-7-8(12(17)18)11(14)15-10(9)3-6-16-4-1-2-5-16/h7H,1-6H2,(H,17,18). The van der Waals surface area contributed by atoms with E-state index in [0.717, 1.165) is 25.9 Å². The highest BCUT2D eigenvalue weighted by Crippen LogP contribution is 2.14. The zero-order valence-corrected chi connectivity index (χ0v) is 9.83. The lowest BCUT2D eigenvalue weighted by atomic mass is 10.2. The number of carboxylic acid groups (broad SMARTS) is 1. The maximum Gasteiger partial charge on any atom is 0.340 e. The van der Waals surface area contributed by atoms with Gasteiger partial charge in [0.05, 0.1) is 5.69 Å². The van der Waals surface area contributed by atoms with Gasteiger partial charge in [-0.05, 0) is 32.0 Å². The molecule has 4 nitrogen and oxygen atoms in total. The Balaban J connectivity index is 2.08. The van der Waals surface area contributed by atoms with Crippen molar-refractivity contribution in [2.75, 3.05) is 19.6 Å². The third kappa shape index (κ3) is 2.81. The maximum absolute atomic E-state index is 13.6. The summed E-state index contributed by atoms with van der Waals surface area (Å²) >= 11 is 0. The molecule has 0 bridgehead atoms. The summed E-state index contributed by atoms with van der Waals surface area (Å²) in [5.74, 6) is -3.39. The van der Waals surface area contributed by atoms with Crippen LogP contribution in [0.2, 0.25) is 0 Å². The van der Waals surface area contributed by atoms with Crippen LogP contribution >= 0.6 is 0 Å². The van der Waals surface area contributed by atoms with Crippen molar-refractivity contribution in [3.05, 3.63) is 29.1 Å². The Morgan fingerprint density at radius 1 is 1.39 bits per heavy atom. The van der Waals surface area contributed by atoms with Crippen molar-refractivity contribution in [2.45, 2.75) is 19.3 Å².